The van der Waals surface area contributed by atoms with Gasteiger partial charge >= 0.3 is 5.69 Å². The Kier molecular flexibility index (Phi) is 4.04. The van der Waals surface area contributed by atoms with E-state index >= 15 is 0 Å². The molecule has 3 rings (SSSR count). The molecule has 0 aliphatic carbocycles. The van der Waals surface area contributed by atoms with Crippen LogP contribution in [0.2, 0.25) is 0 Å². The molecule has 0 aromatic carbocycles. The Labute approximate surface area is 143 Å². The van der Waals surface area contributed by atoms with E-state index in [0.717, 1.165) is 4.57 Å². The van der Waals surface area contributed by atoms with Gasteiger partial charge in [0, 0.05) is 20.6 Å². The van der Waals surface area contributed by atoms with Crippen molar-refractivity contribution in [2.75, 3.05) is 19.6 Å². The summed E-state index contributed by atoms with van der Waals surface area (Å²) in [6.45, 7) is 2.03. The third kappa shape index (κ3) is 2.57. The number of nitrogens with zero attached hydrogens (tertiary/aromatic N) is 5. The molecule has 0 unspecified atom stereocenters. The van der Waals surface area contributed by atoms with Crippen molar-refractivity contribution in [3.63, 3.8) is 0 Å². The number of aliphatic hydroxyl groups is 1. The van der Waals surface area contributed by atoms with Gasteiger partial charge in [-0.05, 0) is 13.3 Å². The second-order valence-electron chi connectivity index (χ2n) is 6.71. The number of hydrogen-bond donors (Lipinski definition) is 2. The Morgan fingerprint density at radius 1 is 1.40 bits per heavy atom. The van der Waals surface area contributed by atoms with Crippen molar-refractivity contribution >= 4 is 17.1 Å². The summed E-state index contributed by atoms with van der Waals surface area (Å²) in [6, 6.07) is -0.454. The largest absolute Gasteiger partial charge is 0.386 e. The highest BCUT2D eigenvalue weighted by Gasteiger charge is 2.41. The van der Waals surface area contributed by atoms with E-state index in [4.69, 9.17) is 5.73 Å². The molecule has 2 aromatic rings. The first-order valence-electron chi connectivity index (χ1n) is 8.01. The van der Waals surface area contributed by atoms with E-state index < -0.39 is 22.9 Å². The Morgan fingerprint density at radius 2 is 2.08 bits per heavy atom. The first kappa shape index (κ1) is 17.4. The number of piperidine rings is 1. The highest BCUT2D eigenvalue weighted by Crippen LogP contribution is 2.33. The summed E-state index contributed by atoms with van der Waals surface area (Å²) in [5, 5.41) is 10.9. The van der Waals surface area contributed by atoms with Gasteiger partial charge in [0.1, 0.15) is 5.60 Å². The van der Waals surface area contributed by atoms with Crippen molar-refractivity contribution in [1.29, 1.82) is 0 Å². The molecule has 0 radical (unpaired) electrons. The zero-order valence-corrected chi connectivity index (χ0v) is 14.5. The van der Waals surface area contributed by atoms with Gasteiger partial charge in [0.2, 0.25) is 5.91 Å². The Morgan fingerprint density at radius 3 is 2.68 bits per heavy atom. The van der Waals surface area contributed by atoms with Crippen LogP contribution in [0.3, 0.4) is 0 Å². The summed E-state index contributed by atoms with van der Waals surface area (Å²) < 4.78 is 3.93. The summed E-state index contributed by atoms with van der Waals surface area (Å²) in [5.41, 5.74) is 3.73. The molecule has 3 heterocycles. The fourth-order valence-electron chi connectivity index (χ4n) is 3.54. The van der Waals surface area contributed by atoms with Crippen LogP contribution >= 0.6 is 0 Å². The fraction of sp³-hybridized carbons (Fsp3) is 0.600. The smallest absolute Gasteiger partial charge is 0.332 e. The number of carbonyl (C=O) groups is 1. The molecule has 1 aliphatic rings. The molecule has 3 N–H and O–H groups in total. The van der Waals surface area contributed by atoms with E-state index in [1.165, 1.54) is 22.8 Å². The van der Waals surface area contributed by atoms with E-state index in [1.807, 2.05) is 0 Å². The average Bonchev–Trinajstić information content (AvgIpc) is 3.01. The van der Waals surface area contributed by atoms with Crippen molar-refractivity contribution in [3.8, 4) is 0 Å². The van der Waals surface area contributed by atoms with E-state index in [-0.39, 0.29) is 30.2 Å². The quantitative estimate of drug-likeness (QED) is 0.639. The number of rotatable bonds is 2. The monoisotopic (exact) mass is 350 g/mol. The summed E-state index contributed by atoms with van der Waals surface area (Å²) in [5.74, 6) is -0.229. The number of aromatic nitrogens is 4. The number of nitrogens with two attached hydrogens (primary N) is 1. The third-order valence-corrected chi connectivity index (χ3v) is 4.94. The number of amides is 1. The van der Waals surface area contributed by atoms with Crippen molar-refractivity contribution in [2.24, 2.45) is 19.8 Å². The van der Waals surface area contributed by atoms with Crippen molar-refractivity contribution in [2.45, 2.75) is 25.0 Å². The van der Waals surface area contributed by atoms with Gasteiger partial charge in [-0.25, -0.2) is 9.78 Å². The minimum absolute atomic E-state index is 0.111. The van der Waals surface area contributed by atoms with Gasteiger partial charge < -0.3 is 20.3 Å². The predicted molar refractivity (Wildman–Crippen MR) is 90.1 cm³/mol. The lowest BCUT2D eigenvalue weighted by Gasteiger charge is -2.43. The van der Waals surface area contributed by atoms with E-state index in [9.17, 15) is 19.5 Å². The lowest BCUT2D eigenvalue weighted by Crippen LogP contribution is -2.55. The molecule has 2 atom stereocenters. The lowest BCUT2D eigenvalue weighted by atomic mass is 9.88. The highest BCUT2D eigenvalue weighted by molar-refractivity contribution is 5.78. The number of imidazole rings is 1. The molecule has 1 fully saturated rings. The molecule has 2 aromatic heterocycles. The number of fused-ring (bicyclic) bond motifs is 1. The predicted octanol–water partition coefficient (Wildman–Crippen LogP) is -2.08. The molecule has 25 heavy (non-hydrogen) atoms. The van der Waals surface area contributed by atoms with Crippen LogP contribution in [0.25, 0.3) is 11.2 Å². The molecular weight excluding hydrogens is 328 g/mol. The summed E-state index contributed by atoms with van der Waals surface area (Å²) >= 11 is 0. The number of hydrogen-bond acceptors (Lipinski definition) is 6. The second kappa shape index (κ2) is 5.81. The fourth-order valence-corrected chi connectivity index (χ4v) is 3.54. The summed E-state index contributed by atoms with van der Waals surface area (Å²) in [6.07, 6.45) is 1.90. The van der Waals surface area contributed by atoms with Gasteiger partial charge in [-0.3, -0.25) is 18.7 Å². The molecule has 0 spiro atoms. The minimum Gasteiger partial charge on any atom is -0.386 e. The maximum Gasteiger partial charge on any atom is 0.332 e. The van der Waals surface area contributed by atoms with Crippen LogP contribution < -0.4 is 17.0 Å². The zero-order valence-electron chi connectivity index (χ0n) is 14.5. The van der Waals surface area contributed by atoms with Crippen molar-refractivity contribution in [3.05, 3.63) is 27.2 Å². The Hall–Kier alpha value is -2.46. The van der Waals surface area contributed by atoms with Gasteiger partial charge in [-0.1, -0.05) is 0 Å². The van der Waals surface area contributed by atoms with Crippen LogP contribution in [0, 0.1) is 0 Å². The molecule has 10 heteroatoms. The van der Waals surface area contributed by atoms with Crippen LogP contribution in [0.1, 0.15) is 19.4 Å². The topological polar surface area (TPSA) is 128 Å². The van der Waals surface area contributed by atoms with Gasteiger partial charge in [0.05, 0.1) is 25.5 Å². The first-order chi connectivity index (χ1) is 11.7. The number of β-amino-alcohol motifs (C(OH)–C–C–N with tert-alkyl or cyclic N) is 1. The molecule has 1 saturated heterocycles. The molecule has 136 valence electrons. The van der Waals surface area contributed by atoms with E-state index in [1.54, 1.807) is 18.5 Å². The standard InChI is InChI=1S/C15H22N6O4/c1-15(25)7-20(10(22)6-16)5-4-9(15)21-8-17-12-11(21)13(23)19(3)14(24)18(12)2/h8-9,25H,4-7,16H2,1-3H3/t9-,15-/m1/s1. The van der Waals surface area contributed by atoms with Crippen LogP contribution in [0.5, 0.6) is 0 Å². The number of carbonyl (C=O) groups excluding carboxylic acids is 1. The van der Waals surface area contributed by atoms with E-state index in [2.05, 4.69) is 4.98 Å². The molecule has 0 saturated carbocycles. The number of aryl methyl sites for hydroxylation is 1. The molecule has 1 amide bonds. The zero-order chi connectivity index (χ0) is 18.5. The first-order valence-corrected chi connectivity index (χ1v) is 8.01. The Bertz CT molecular complexity index is 953. The van der Waals surface area contributed by atoms with Crippen LogP contribution in [0.15, 0.2) is 15.9 Å². The van der Waals surface area contributed by atoms with Crippen molar-refractivity contribution in [1.82, 2.24) is 23.6 Å². The molecule has 0 bridgehead atoms. The average molecular weight is 350 g/mol. The Balaban J connectivity index is 2.11. The summed E-state index contributed by atoms with van der Waals surface area (Å²) in [4.78, 5) is 42.2. The van der Waals surface area contributed by atoms with Crippen LogP contribution in [-0.2, 0) is 18.9 Å². The van der Waals surface area contributed by atoms with Gasteiger partial charge in [-0.2, -0.15) is 0 Å². The van der Waals surface area contributed by atoms with Gasteiger partial charge in [-0.15, -0.1) is 0 Å². The second-order valence-corrected chi connectivity index (χ2v) is 6.71. The highest BCUT2D eigenvalue weighted by atomic mass is 16.3. The maximum absolute atomic E-state index is 12.6. The lowest BCUT2D eigenvalue weighted by molar-refractivity contribution is -0.138. The van der Waals surface area contributed by atoms with E-state index in [0.29, 0.717) is 13.0 Å². The van der Waals surface area contributed by atoms with Crippen molar-refractivity contribution < 1.29 is 9.90 Å². The van der Waals surface area contributed by atoms with Gasteiger partial charge in [0.25, 0.3) is 5.56 Å². The van der Waals surface area contributed by atoms with Crippen LogP contribution in [-0.4, -0.2) is 59.8 Å². The molecule has 10 nitrogen and oxygen atoms in total. The van der Waals surface area contributed by atoms with Crippen LogP contribution in [0.4, 0.5) is 0 Å². The molecule has 1 aliphatic heterocycles. The number of likely N-dealkylation sites (tertiary alicyclic amines) is 1. The maximum atomic E-state index is 12.6. The summed E-state index contributed by atoms with van der Waals surface area (Å²) in [7, 11) is 2.95. The third-order valence-electron chi connectivity index (χ3n) is 4.94. The van der Waals surface area contributed by atoms with Gasteiger partial charge in [0.15, 0.2) is 11.2 Å². The SMILES string of the molecule is Cn1c(=O)c2c(ncn2[C@@H]2CCN(C(=O)CN)C[C@@]2(C)O)n(C)c1=O. The molecular formula is C15H22N6O4. The normalized spacial score (nSPS) is 24.0. The minimum atomic E-state index is -1.27.